The maximum Gasteiger partial charge on any atom is 0.161 e. The molecule has 0 unspecified atom stereocenters. The molecule has 0 radical (unpaired) electrons. The first kappa shape index (κ1) is 26.0. The van der Waals surface area contributed by atoms with Crippen molar-refractivity contribution < 1.29 is 9.47 Å². The van der Waals surface area contributed by atoms with Gasteiger partial charge in [-0.05, 0) is 102 Å². The summed E-state index contributed by atoms with van der Waals surface area (Å²) in [6.45, 7) is 6.68. The Bertz CT molecular complexity index is 1600. The highest BCUT2D eigenvalue weighted by molar-refractivity contribution is 5.94. The summed E-state index contributed by atoms with van der Waals surface area (Å²) in [5.74, 6) is 2.45. The largest absolute Gasteiger partial charge is 0.493 e. The lowest BCUT2D eigenvalue weighted by Crippen LogP contribution is -2.32. The van der Waals surface area contributed by atoms with Gasteiger partial charge in [0.05, 0.1) is 19.9 Å². The number of benzene rings is 3. The van der Waals surface area contributed by atoms with Crippen molar-refractivity contribution in [1.82, 2.24) is 9.97 Å². The van der Waals surface area contributed by atoms with Crippen LogP contribution in [0.3, 0.4) is 0 Å². The quantitative estimate of drug-likeness (QED) is 0.229. The molecule has 5 nitrogen and oxygen atoms in total. The number of piperidine rings is 1. The van der Waals surface area contributed by atoms with Crippen LogP contribution in [0.2, 0.25) is 0 Å². The number of methoxy groups -OCH3 is 2. The summed E-state index contributed by atoms with van der Waals surface area (Å²) in [5.41, 5.74) is 9.88. The molecule has 1 aliphatic rings. The Morgan fingerprint density at radius 1 is 0.775 bits per heavy atom. The molecule has 1 aliphatic heterocycles. The molecule has 40 heavy (non-hydrogen) atoms. The highest BCUT2D eigenvalue weighted by atomic mass is 16.5. The average Bonchev–Trinajstić information content (AvgIpc) is 3.40. The smallest absolute Gasteiger partial charge is 0.161 e. The van der Waals surface area contributed by atoms with E-state index in [-0.39, 0.29) is 0 Å². The van der Waals surface area contributed by atoms with Crippen molar-refractivity contribution in [2.45, 2.75) is 38.5 Å². The van der Waals surface area contributed by atoms with Crippen molar-refractivity contribution >= 4 is 16.6 Å². The summed E-state index contributed by atoms with van der Waals surface area (Å²) in [6, 6.07) is 26.3. The second kappa shape index (κ2) is 11.1. The first-order valence-electron chi connectivity index (χ1n) is 14.2. The first-order valence-corrected chi connectivity index (χ1v) is 14.2. The zero-order chi connectivity index (χ0) is 27.6. The predicted molar refractivity (Wildman–Crippen MR) is 165 cm³/mol. The van der Waals surface area contributed by atoms with E-state index in [1.54, 1.807) is 14.2 Å². The van der Waals surface area contributed by atoms with Crippen LogP contribution in [0.15, 0.2) is 85.2 Å². The monoisotopic (exact) mass is 531 g/mol. The number of fused-ring (bicyclic) bond motifs is 1. The number of nitrogens with zero attached hydrogens (tertiary/aromatic N) is 2. The van der Waals surface area contributed by atoms with Gasteiger partial charge in [-0.25, -0.2) is 0 Å². The van der Waals surface area contributed by atoms with Gasteiger partial charge >= 0.3 is 0 Å². The van der Waals surface area contributed by atoms with E-state index in [2.05, 4.69) is 95.4 Å². The number of hydrogen-bond acceptors (Lipinski definition) is 4. The minimum absolute atomic E-state index is 0.351. The first-order chi connectivity index (χ1) is 19.6. The summed E-state index contributed by atoms with van der Waals surface area (Å²) in [5, 5.41) is 1.26. The van der Waals surface area contributed by atoms with Crippen LogP contribution in [0.5, 0.6) is 11.5 Å². The number of aromatic nitrogens is 2. The SMILES string of the molecule is COc1ccc(-c2[nH]c3ccc(-c4ccc(N5CCC(c6ccncc6)CC5)cc4)cc3c2C(C)C)cc1OC. The van der Waals surface area contributed by atoms with Gasteiger partial charge in [0.15, 0.2) is 11.5 Å². The second-order valence-corrected chi connectivity index (χ2v) is 11.0. The Morgan fingerprint density at radius 2 is 1.45 bits per heavy atom. The molecule has 0 amide bonds. The van der Waals surface area contributed by atoms with Gasteiger partial charge in [-0.3, -0.25) is 4.98 Å². The van der Waals surface area contributed by atoms with Crippen LogP contribution in [-0.2, 0) is 0 Å². The van der Waals surface area contributed by atoms with Crippen LogP contribution < -0.4 is 14.4 Å². The topological polar surface area (TPSA) is 50.4 Å². The molecule has 1 saturated heterocycles. The lowest BCUT2D eigenvalue weighted by Gasteiger charge is -2.34. The lowest BCUT2D eigenvalue weighted by molar-refractivity contribution is 0.355. The number of pyridine rings is 1. The summed E-state index contributed by atoms with van der Waals surface area (Å²) in [6.07, 6.45) is 6.17. The number of anilines is 1. The van der Waals surface area contributed by atoms with Crippen LogP contribution in [0.4, 0.5) is 5.69 Å². The summed E-state index contributed by atoms with van der Waals surface area (Å²) in [4.78, 5) is 10.4. The van der Waals surface area contributed by atoms with Gasteiger partial charge in [-0.2, -0.15) is 0 Å². The Balaban J connectivity index is 1.26. The molecule has 0 aliphatic carbocycles. The molecule has 1 fully saturated rings. The molecular formula is C35H37N3O2. The molecule has 0 atom stereocenters. The number of H-pyrrole nitrogens is 1. The molecule has 5 heteroatoms. The van der Waals surface area contributed by atoms with Crippen molar-refractivity contribution in [2.24, 2.45) is 0 Å². The van der Waals surface area contributed by atoms with E-state index in [4.69, 9.17) is 9.47 Å². The summed E-state index contributed by atoms with van der Waals surface area (Å²) < 4.78 is 11.0. The number of hydrogen-bond donors (Lipinski definition) is 1. The van der Waals surface area contributed by atoms with Gasteiger partial charge in [-0.15, -0.1) is 0 Å². The molecular weight excluding hydrogens is 494 g/mol. The minimum Gasteiger partial charge on any atom is -0.493 e. The number of rotatable bonds is 7. The van der Waals surface area contributed by atoms with Gasteiger partial charge in [0, 0.05) is 47.6 Å². The third-order valence-corrected chi connectivity index (χ3v) is 8.33. The van der Waals surface area contributed by atoms with E-state index in [1.165, 1.54) is 46.2 Å². The van der Waals surface area contributed by atoms with Crippen LogP contribution in [0.1, 0.15) is 49.7 Å². The van der Waals surface area contributed by atoms with Crippen LogP contribution in [0, 0.1) is 0 Å². The van der Waals surface area contributed by atoms with Gasteiger partial charge in [-0.1, -0.05) is 32.0 Å². The molecule has 2 aromatic heterocycles. The Kier molecular flexibility index (Phi) is 7.21. The molecule has 0 bridgehead atoms. The van der Waals surface area contributed by atoms with E-state index in [9.17, 15) is 0 Å². The highest BCUT2D eigenvalue weighted by Crippen LogP contribution is 2.40. The van der Waals surface area contributed by atoms with E-state index < -0.39 is 0 Å². The van der Waals surface area contributed by atoms with Gasteiger partial charge in [0.2, 0.25) is 0 Å². The van der Waals surface area contributed by atoms with E-state index in [0.29, 0.717) is 11.8 Å². The van der Waals surface area contributed by atoms with Gasteiger partial charge in [0.1, 0.15) is 0 Å². The molecule has 6 rings (SSSR count). The maximum atomic E-state index is 5.58. The maximum absolute atomic E-state index is 5.58. The van der Waals surface area contributed by atoms with Crippen LogP contribution in [0.25, 0.3) is 33.3 Å². The van der Waals surface area contributed by atoms with Gasteiger partial charge < -0.3 is 19.4 Å². The zero-order valence-electron chi connectivity index (χ0n) is 23.8. The number of nitrogens with one attached hydrogen (secondary N) is 1. The Morgan fingerprint density at radius 3 is 2.12 bits per heavy atom. The molecule has 204 valence electrons. The van der Waals surface area contributed by atoms with E-state index in [0.717, 1.165) is 41.4 Å². The van der Waals surface area contributed by atoms with Crippen molar-refractivity contribution in [3.05, 3.63) is 96.3 Å². The fraction of sp³-hybridized carbons (Fsp3) is 0.286. The van der Waals surface area contributed by atoms with E-state index >= 15 is 0 Å². The minimum atomic E-state index is 0.351. The number of aromatic amines is 1. The number of ether oxygens (including phenoxy) is 2. The predicted octanol–water partition coefficient (Wildman–Crippen LogP) is 8.42. The molecule has 0 spiro atoms. The Hall–Kier alpha value is -4.25. The average molecular weight is 532 g/mol. The van der Waals surface area contributed by atoms with Crippen LogP contribution >= 0.6 is 0 Å². The third kappa shape index (κ3) is 4.92. The second-order valence-electron chi connectivity index (χ2n) is 11.0. The third-order valence-electron chi connectivity index (χ3n) is 8.33. The van der Waals surface area contributed by atoms with Crippen molar-refractivity contribution in [1.29, 1.82) is 0 Å². The zero-order valence-corrected chi connectivity index (χ0v) is 23.8. The molecule has 3 aromatic carbocycles. The molecule has 3 heterocycles. The lowest BCUT2D eigenvalue weighted by atomic mass is 9.90. The molecule has 1 N–H and O–H groups in total. The van der Waals surface area contributed by atoms with Gasteiger partial charge in [0.25, 0.3) is 0 Å². The summed E-state index contributed by atoms with van der Waals surface area (Å²) in [7, 11) is 3.35. The fourth-order valence-electron chi connectivity index (χ4n) is 6.18. The highest BCUT2D eigenvalue weighted by Gasteiger charge is 2.21. The van der Waals surface area contributed by atoms with Crippen LogP contribution in [-0.4, -0.2) is 37.3 Å². The molecule has 0 saturated carbocycles. The van der Waals surface area contributed by atoms with Crippen molar-refractivity contribution in [3.63, 3.8) is 0 Å². The Labute approximate surface area is 236 Å². The molecule has 5 aromatic rings. The van der Waals surface area contributed by atoms with Crippen molar-refractivity contribution in [3.8, 4) is 33.9 Å². The summed E-state index contributed by atoms with van der Waals surface area (Å²) >= 11 is 0. The van der Waals surface area contributed by atoms with Crippen molar-refractivity contribution in [2.75, 3.05) is 32.2 Å². The fourth-order valence-corrected chi connectivity index (χ4v) is 6.18. The van der Waals surface area contributed by atoms with E-state index in [1.807, 2.05) is 18.5 Å². The normalized spacial score (nSPS) is 14.2. The standard InChI is InChI=1S/C35H37N3O2/c1-23(2)34-30-21-27(7-11-31(30)37-35(34)28-8-12-32(39-3)33(22-28)40-4)24-5-9-29(10-6-24)38-19-15-26(16-20-38)25-13-17-36-18-14-25/h5-14,17-18,21-23,26,37H,15-16,19-20H2,1-4H3.